The number of carbonyl (C=O) groups excluding carboxylic acids is 2. The first-order valence-corrected chi connectivity index (χ1v) is 10.7. The molecule has 0 saturated heterocycles. The Hall–Kier alpha value is -3.18. The summed E-state index contributed by atoms with van der Waals surface area (Å²) in [5.74, 6) is -0.285. The van der Waals surface area contributed by atoms with E-state index in [1.807, 2.05) is 60.7 Å². The number of hydrogen-bond acceptors (Lipinski definition) is 3. The van der Waals surface area contributed by atoms with Crippen LogP contribution < -0.4 is 5.32 Å². The molecule has 5 nitrogen and oxygen atoms in total. The summed E-state index contributed by atoms with van der Waals surface area (Å²) in [7, 11) is 0. The summed E-state index contributed by atoms with van der Waals surface area (Å²) in [6, 6.07) is 22.1. The predicted octanol–water partition coefficient (Wildman–Crippen LogP) is 4.40. The third-order valence-corrected chi connectivity index (χ3v) is 5.33. The molecule has 6 heteroatoms. The average molecular weight is 436 g/mol. The molecule has 1 aromatic heterocycles. The van der Waals surface area contributed by atoms with Crippen molar-refractivity contribution < 1.29 is 9.59 Å². The molecule has 0 bridgehead atoms. The van der Waals surface area contributed by atoms with Gasteiger partial charge in [0.05, 0.1) is 12.2 Å². The number of nitrogens with one attached hydrogen (secondary N) is 1. The number of aryl methyl sites for hydroxylation is 1. The van der Waals surface area contributed by atoms with Gasteiger partial charge in [-0.1, -0.05) is 60.1 Å². The van der Waals surface area contributed by atoms with E-state index in [0.717, 1.165) is 16.8 Å². The second kappa shape index (κ2) is 11.3. The highest BCUT2D eigenvalue weighted by Gasteiger charge is 2.25. The van der Waals surface area contributed by atoms with Crippen molar-refractivity contribution in [1.82, 2.24) is 15.2 Å². The van der Waals surface area contributed by atoms with Crippen LogP contribution in [0.4, 0.5) is 0 Å². The summed E-state index contributed by atoms with van der Waals surface area (Å²) in [4.78, 5) is 31.8. The molecule has 0 saturated carbocycles. The van der Waals surface area contributed by atoms with E-state index in [0.29, 0.717) is 31.0 Å². The van der Waals surface area contributed by atoms with E-state index in [4.69, 9.17) is 11.6 Å². The smallest absolute Gasteiger partial charge is 0.242 e. The van der Waals surface area contributed by atoms with Crippen LogP contribution in [-0.2, 0) is 29.1 Å². The average Bonchev–Trinajstić information content (AvgIpc) is 2.81. The van der Waals surface area contributed by atoms with Crippen molar-refractivity contribution in [2.75, 3.05) is 0 Å². The van der Waals surface area contributed by atoms with Crippen LogP contribution in [0.2, 0.25) is 5.02 Å². The Morgan fingerprint density at radius 3 is 2.35 bits per heavy atom. The first kappa shape index (κ1) is 22.5. The monoisotopic (exact) mass is 435 g/mol. The van der Waals surface area contributed by atoms with Crippen LogP contribution in [0.5, 0.6) is 0 Å². The van der Waals surface area contributed by atoms with Gasteiger partial charge in [0, 0.05) is 24.2 Å². The molecule has 0 aliphatic rings. The van der Waals surface area contributed by atoms with Gasteiger partial charge in [-0.2, -0.15) is 0 Å². The predicted molar refractivity (Wildman–Crippen MR) is 122 cm³/mol. The summed E-state index contributed by atoms with van der Waals surface area (Å²) >= 11 is 5.99. The second-order valence-electron chi connectivity index (χ2n) is 7.35. The van der Waals surface area contributed by atoms with Crippen LogP contribution in [0.3, 0.4) is 0 Å². The Morgan fingerprint density at radius 1 is 0.968 bits per heavy atom. The quantitative estimate of drug-likeness (QED) is 0.541. The summed E-state index contributed by atoms with van der Waals surface area (Å²) in [6.45, 7) is 2.41. The highest BCUT2D eigenvalue weighted by Crippen LogP contribution is 2.15. The van der Waals surface area contributed by atoms with Gasteiger partial charge in [-0.15, -0.1) is 0 Å². The number of carbonyl (C=O) groups is 2. The Balaban J connectivity index is 1.69. The van der Waals surface area contributed by atoms with E-state index in [9.17, 15) is 9.59 Å². The van der Waals surface area contributed by atoms with Crippen molar-refractivity contribution in [2.24, 2.45) is 0 Å². The molecule has 0 unspecified atom stereocenters. The van der Waals surface area contributed by atoms with Crippen LogP contribution in [0.25, 0.3) is 0 Å². The third-order valence-electron chi connectivity index (χ3n) is 5.07. The molecule has 1 atom stereocenters. The van der Waals surface area contributed by atoms with Crippen molar-refractivity contribution in [3.8, 4) is 0 Å². The van der Waals surface area contributed by atoms with E-state index >= 15 is 0 Å². The standard InChI is InChI=1S/C25H26ClN3O2/c1-19(25(31)28-17-23-9-5-6-16-27-23)29(18-21-10-13-22(26)14-11-21)24(30)15-12-20-7-3-2-4-8-20/h2-11,13-14,16,19H,12,15,17-18H2,1H3,(H,28,31)/t19-/m1/s1. The molecule has 160 valence electrons. The second-order valence-corrected chi connectivity index (χ2v) is 7.78. The molecule has 0 spiro atoms. The molecule has 0 aliphatic carbocycles. The number of nitrogens with zero attached hydrogens (tertiary/aromatic N) is 2. The zero-order chi connectivity index (χ0) is 22.1. The Morgan fingerprint density at radius 2 is 1.68 bits per heavy atom. The molecule has 0 aliphatic heterocycles. The topological polar surface area (TPSA) is 62.3 Å². The van der Waals surface area contributed by atoms with Crippen molar-refractivity contribution in [3.05, 3.63) is 101 Å². The molecular formula is C25H26ClN3O2. The zero-order valence-electron chi connectivity index (χ0n) is 17.5. The highest BCUT2D eigenvalue weighted by atomic mass is 35.5. The van der Waals surface area contributed by atoms with Crippen LogP contribution >= 0.6 is 11.6 Å². The van der Waals surface area contributed by atoms with Gasteiger partial charge in [-0.25, -0.2) is 0 Å². The van der Waals surface area contributed by atoms with Gasteiger partial charge in [-0.05, 0) is 48.7 Å². The lowest BCUT2D eigenvalue weighted by Crippen LogP contribution is -2.47. The van der Waals surface area contributed by atoms with E-state index in [2.05, 4.69) is 10.3 Å². The van der Waals surface area contributed by atoms with Gasteiger partial charge < -0.3 is 10.2 Å². The van der Waals surface area contributed by atoms with Gasteiger partial charge in [0.15, 0.2) is 0 Å². The maximum absolute atomic E-state index is 13.1. The fourth-order valence-electron chi connectivity index (χ4n) is 3.24. The van der Waals surface area contributed by atoms with Gasteiger partial charge in [0.1, 0.15) is 6.04 Å². The SMILES string of the molecule is C[C@H](C(=O)NCc1ccccn1)N(Cc1ccc(Cl)cc1)C(=O)CCc1ccccc1. The van der Waals surface area contributed by atoms with Crippen molar-refractivity contribution in [2.45, 2.75) is 38.9 Å². The van der Waals surface area contributed by atoms with Crippen LogP contribution in [0.15, 0.2) is 79.0 Å². The summed E-state index contributed by atoms with van der Waals surface area (Å²) in [5, 5.41) is 3.52. The molecule has 3 aromatic rings. The number of pyridine rings is 1. The maximum atomic E-state index is 13.1. The molecule has 0 fully saturated rings. The van der Waals surface area contributed by atoms with E-state index in [1.165, 1.54) is 0 Å². The normalized spacial score (nSPS) is 11.5. The lowest BCUT2D eigenvalue weighted by Gasteiger charge is -2.29. The number of rotatable bonds is 9. The number of halogens is 1. The minimum Gasteiger partial charge on any atom is -0.349 e. The molecule has 31 heavy (non-hydrogen) atoms. The summed E-state index contributed by atoms with van der Waals surface area (Å²) < 4.78 is 0. The lowest BCUT2D eigenvalue weighted by atomic mass is 10.1. The Kier molecular flexibility index (Phi) is 8.19. The molecule has 1 N–H and O–H groups in total. The first-order chi connectivity index (χ1) is 15.0. The van der Waals surface area contributed by atoms with Crippen molar-refractivity contribution in [3.63, 3.8) is 0 Å². The Labute approximate surface area is 188 Å². The van der Waals surface area contributed by atoms with E-state index in [1.54, 1.807) is 30.2 Å². The molecule has 1 heterocycles. The maximum Gasteiger partial charge on any atom is 0.242 e. The summed E-state index contributed by atoms with van der Waals surface area (Å²) in [6.07, 6.45) is 2.64. The van der Waals surface area contributed by atoms with Gasteiger partial charge >= 0.3 is 0 Å². The van der Waals surface area contributed by atoms with Gasteiger partial charge in [0.25, 0.3) is 0 Å². The summed E-state index contributed by atoms with van der Waals surface area (Å²) in [5.41, 5.74) is 2.78. The fourth-order valence-corrected chi connectivity index (χ4v) is 3.36. The lowest BCUT2D eigenvalue weighted by molar-refractivity contribution is -0.140. The van der Waals surface area contributed by atoms with E-state index in [-0.39, 0.29) is 11.8 Å². The Bertz CT molecular complexity index is 979. The van der Waals surface area contributed by atoms with Crippen molar-refractivity contribution in [1.29, 1.82) is 0 Å². The number of benzene rings is 2. The van der Waals surface area contributed by atoms with Crippen LogP contribution in [0.1, 0.15) is 30.2 Å². The third kappa shape index (κ3) is 6.93. The molecule has 3 rings (SSSR count). The van der Waals surface area contributed by atoms with Gasteiger partial charge in [0.2, 0.25) is 11.8 Å². The van der Waals surface area contributed by atoms with Gasteiger partial charge in [-0.3, -0.25) is 14.6 Å². The van der Waals surface area contributed by atoms with E-state index < -0.39 is 6.04 Å². The largest absolute Gasteiger partial charge is 0.349 e. The number of aromatic nitrogens is 1. The molecule has 0 radical (unpaired) electrons. The van der Waals surface area contributed by atoms with Crippen LogP contribution in [-0.4, -0.2) is 27.7 Å². The molecule has 2 aromatic carbocycles. The number of hydrogen-bond donors (Lipinski definition) is 1. The van der Waals surface area contributed by atoms with Crippen LogP contribution in [0, 0.1) is 0 Å². The minimum atomic E-state index is -0.623. The van der Waals surface area contributed by atoms with Crippen molar-refractivity contribution >= 4 is 23.4 Å². The molecular weight excluding hydrogens is 410 g/mol. The molecule has 2 amide bonds. The fraction of sp³-hybridized carbons (Fsp3) is 0.240. The number of amides is 2. The highest BCUT2D eigenvalue weighted by molar-refractivity contribution is 6.30. The minimum absolute atomic E-state index is 0.0701. The zero-order valence-corrected chi connectivity index (χ0v) is 18.3. The first-order valence-electron chi connectivity index (χ1n) is 10.3.